The van der Waals surface area contributed by atoms with Gasteiger partial charge in [-0.3, -0.25) is 0 Å². The van der Waals surface area contributed by atoms with E-state index in [1.807, 2.05) is 0 Å². The van der Waals surface area contributed by atoms with Gasteiger partial charge in [0.1, 0.15) is 0 Å². The number of nitrogens with one attached hydrogen (secondary N) is 1. The lowest BCUT2D eigenvalue weighted by atomic mass is 9.88. The Bertz CT molecular complexity index is 255. The van der Waals surface area contributed by atoms with E-state index in [9.17, 15) is 13.5 Å². The van der Waals surface area contributed by atoms with Crippen LogP contribution in [0.1, 0.15) is 25.7 Å². The predicted molar refractivity (Wildman–Crippen MR) is 50.8 cm³/mol. The highest BCUT2D eigenvalue weighted by molar-refractivity contribution is 7.88. The van der Waals surface area contributed by atoms with Crippen molar-refractivity contribution in [3.05, 3.63) is 0 Å². The summed E-state index contributed by atoms with van der Waals surface area (Å²) in [7, 11) is -3.12. The minimum absolute atomic E-state index is 0.0789. The van der Waals surface area contributed by atoms with Crippen LogP contribution in [-0.4, -0.2) is 32.9 Å². The van der Waals surface area contributed by atoms with Crippen LogP contribution in [0, 0.1) is 5.41 Å². The third-order valence-electron chi connectivity index (χ3n) is 2.71. The molecule has 0 spiro atoms. The predicted octanol–water partition coefficient (Wildman–Crippen LogP) is 0.0883. The van der Waals surface area contributed by atoms with Crippen LogP contribution in [-0.2, 0) is 10.0 Å². The molecule has 0 heterocycles. The van der Waals surface area contributed by atoms with Crippen molar-refractivity contribution < 1.29 is 13.5 Å². The van der Waals surface area contributed by atoms with Crippen molar-refractivity contribution in [2.24, 2.45) is 5.41 Å². The van der Waals surface area contributed by atoms with Gasteiger partial charge in [0, 0.05) is 18.6 Å². The summed E-state index contributed by atoms with van der Waals surface area (Å²) >= 11 is 0. The second kappa shape index (κ2) is 3.94. The quantitative estimate of drug-likeness (QED) is 0.686. The maximum absolute atomic E-state index is 10.9. The van der Waals surface area contributed by atoms with Crippen molar-refractivity contribution in [2.45, 2.75) is 25.7 Å². The Morgan fingerprint density at radius 2 is 1.92 bits per heavy atom. The van der Waals surface area contributed by atoms with Crippen LogP contribution in [0.2, 0.25) is 0 Å². The van der Waals surface area contributed by atoms with E-state index in [0.717, 1.165) is 31.9 Å². The maximum atomic E-state index is 10.9. The van der Waals surface area contributed by atoms with Gasteiger partial charge in [0.15, 0.2) is 0 Å². The van der Waals surface area contributed by atoms with Crippen molar-refractivity contribution in [1.29, 1.82) is 0 Å². The zero-order valence-corrected chi connectivity index (χ0v) is 8.73. The molecule has 0 aliphatic heterocycles. The number of aliphatic hydroxyl groups excluding tert-OH is 1. The van der Waals surface area contributed by atoms with Gasteiger partial charge in [-0.15, -0.1) is 0 Å². The first-order chi connectivity index (χ1) is 5.97. The van der Waals surface area contributed by atoms with E-state index >= 15 is 0 Å². The van der Waals surface area contributed by atoms with Crippen LogP contribution >= 0.6 is 0 Å². The van der Waals surface area contributed by atoms with E-state index in [1.54, 1.807) is 0 Å². The molecule has 0 unspecified atom stereocenters. The second-order valence-corrected chi connectivity index (χ2v) is 5.79. The monoisotopic (exact) mass is 207 g/mol. The molecular formula is C8H17NO3S. The molecular weight excluding hydrogens is 190 g/mol. The summed E-state index contributed by atoms with van der Waals surface area (Å²) in [6, 6.07) is 0. The average molecular weight is 207 g/mol. The number of rotatable bonds is 4. The van der Waals surface area contributed by atoms with Crippen molar-refractivity contribution >= 4 is 10.0 Å². The molecule has 0 atom stereocenters. The molecule has 0 aromatic heterocycles. The SMILES string of the molecule is CS(=O)(=O)NCC1(CO)CCCC1. The Labute approximate surface area is 79.4 Å². The van der Waals surface area contributed by atoms with E-state index in [0.29, 0.717) is 6.54 Å². The summed E-state index contributed by atoms with van der Waals surface area (Å²) in [5.41, 5.74) is -0.191. The lowest BCUT2D eigenvalue weighted by molar-refractivity contribution is 0.134. The van der Waals surface area contributed by atoms with Crippen LogP contribution in [0.15, 0.2) is 0 Å². The van der Waals surface area contributed by atoms with Crippen LogP contribution in [0.3, 0.4) is 0 Å². The molecule has 0 aromatic rings. The van der Waals surface area contributed by atoms with Crippen molar-refractivity contribution in [3.8, 4) is 0 Å². The molecule has 0 amide bonds. The number of sulfonamides is 1. The molecule has 13 heavy (non-hydrogen) atoms. The first-order valence-corrected chi connectivity index (χ1v) is 6.42. The molecule has 1 aliphatic rings. The van der Waals surface area contributed by atoms with Gasteiger partial charge < -0.3 is 5.11 Å². The number of aliphatic hydroxyl groups is 1. The minimum Gasteiger partial charge on any atom is -0.396 e. The second-order valence-electron chi connectivity index (χ2n) is 3.96. The molecule has 1 fully saturated rings. The topological polar surface area (TPSA) is 66.4 Å². The summed E-state index contributed by atoms with van der Waals surface area (Å²) in [6.07, 6.45) is 5.17. The van der Waals surface area contributed by atoms with E-state index in [2.05, 4.69) is 4.72 Å². The highest BCUT2D eigenvalue weighted by atomic mass is 32.2. The first-order valence-electron chi connectivity index (χ1n) is 4.53. The van der Waals surface area contributed by atoms with Crippen LogP contribution < -0.4 is 4.72 Å². The molecule has 0 radical (unpaired) electrons. The molecule has 2 N–H and O–H groups in total. The number of hydrogen-bond acceptors (Lipinski definition) is 3. The highest BCUT2D eigenvalue weighted by Gasteiger charge is 2.33. The molecule has 1 aliphatic carbocycles. The van der Waals surface area contributed by atoms with Crippen LogP contribution in [0.4, 0.5) is 0 Å². The summed E-state index contributed by atoms with van der Waals surface area (Å²) < 4.78 is 24.2. The standard InChI is InChI=1S/C8H17NO3S/c1-13(11,12)9-6-8(7-10)4-2-3-5-8/h9-10H,2-7H2,1H3. The summed E-state index contributed by atoms with van der Waals surface area (Å²) in [5.74, 6) is 0. The largest absolute Gasteiger partial charge is 0.396 e. The average Bonchev–Trinajstić information content (AvgIpc) is 2.49. The zero-order valence-electron chi connectivity index (χ0n) is 7.91. The summed E-state index contributed by atoms with van der Waals surface area (Å²) in [4.78, 5) is 0. The molecule has 4 nitrogen and oxygen atoms in total. The van der Waals surface area contributed by atoms with Gasteiger partial charge >= 0.3 is 0 Å². The Kier molecular flexibility index (Phi) is 3.32. The van der Waals surface area contributed by atoms with Crippen LogP contribution in [0.25, 0.3) is 0 Å². The lowest BCUT2D eigenvalue weighted by Crippen LogP contribution is -2.37. The fourth-order valence-corrected chi connectivity index (χ4v) is 2.37. The Balaban J connectivity index is 2.50. The smallest absolute Gasteiger partial charge is 0.208 e. The van der Waals surface area contributed by atoms with E-state index in [1.165, 1.54) is 0 Å². The van der Waals surface area contributed by atoms with Crippen molar-refractivity contribution in [2.75, 3.05) is 19.4 Å². The fraction of sp³-hybridized carbons (Fsp3) is 1.00. The molecule has 1 saturated carbocycles. The van der Waals surface area contributed by atoms with Gasteiger partial charge in [0.05, 0.1) is 6.26 Å². The van der Waals surface area contributed by atoms with Gasteiger partial charge in [0.25, 0.3) is 0 Å². The third kappa shape index (κ3) is 3.25. The number of hydrogen-bond donors (Lipinski definition) is 2. The maximum Gasteiger partial charge on any atom is 0.208 e. The minimum atomic E-state index is -3.12. The van der Waals surface area contributed by atoms with E-state index in [4.69, 9.17) is 0 Å². The summed E-state index contributed by atoms with van der Waals surface area (Å²) in [6.45, 7) is 0.456. The lowest BCUT2D eigenvalue weighted by Gasteiger charge is -2.25. The Morgan fingerprint density at radius 3 is 2.31 bits per heavy atom. The highest BCUT2D eigenvalue weighted by Crippen LogP contribution is 2.36. The Hall–Kier alpha value is -0.130. The molecule has 5 heteroatoms. The summed E-state index contributed by atoms with van der Waals surface area (Å²) in [5, 5.41) is 9.18. The van der Waals surface area contributed by atoms with Gasteiger partial charge in [0.2, 0.25) is 10.0 Å². The van der Waals surface area contributed by atoms with Gasteiger partial charge in [-0.05, 0) is 12.8 Å². The Morgan fingerprint density at radius 1 is 1.38 bits per heavy atom. The van der Waals surface area contributed by atoms with E-state index in [-0.39, 0.29) is 12.0 Å². The van der Waals surface area contributed by atoms with Gasteiger partial charge in [-0.25, -0.2) is 13.1 Å². The van der Waals surface area contributed by atoms with E-state index < -0.39 is 10.0 Å². The molecule has 0 bridgehead atoms. The first kappa shape index (κ1) is 10.9. The van der Waals surface area contributed by atoms with Crippen molar-refractivity contribution in [1.82, 2.24) is 4.72 Å². The molecule has 0 saturated heterocycles. The third-order valence-corrected chi connectivity index (χ3v) is 3.38. The van der Waals surface area contributed by atoms with Crippen molar-refractivity contribution in [3.63, 3.8) is 0 Å². The molecule has 0 aromatic carbocycles. The normalized spacial score (nSPS) is 22.0. The molecule has 1 rings (SSSR count). The zero-order chi connectivity index (χ0) is 9.95. The van der Waals surface area contributed by atoms with Crippen LogP contribution in [0.5, 0.6) is 0 Å². The van der Waals surface area contributed by atoms with Gasteiger partial charge in [-0.1, -0.05) is 12.8 Å². The molecule has 78 valence electrons. The fourth-order valence-electron chi connectivity index (χ4n) is 1.80. The van der Waals surface area contributed by atoms with Gasteiger partial charge in [-0.2, -0.15) is 0 Å².